The lowest BCUT2D eigenvalue weighted by Gasteiger charge is -2.17. The van der Waals surface area contributed by atoms with Gasteiger partial charge in [0, 0.05) is 25.9 Å². The highest BCUT2D eigenvalue weighted by Crippen LogP contribution is 2.28. The summed E-state index contributed by atoms with van der Waals surface area (Å²) in [6, 6.07) is 15.1. The molecule has 3 aromatic rings. The van der Waals surface area contributed by atoms with E-state index < -0.39 is 12.1 Å². The number of aromatic nitrogens is 2. The normalized spacial score (nSPS) is 11.6. The molecule has 1 atom stereocenters. The average Bonchev–Trinajstić information content (AvgIpc) is 3.19. The number of amides is 1. The molecule has 0 unspecified atom stereocenters. The molecule has 7 heteroatoms. The third-order valence-corrected chi connectivity index (χ3v) is 4.65. The number of esters is 1. The number of methoxy groups -OCH3 is 1. The number of carbonyl (C=O) groups excluding carboxylic acids is 2. The molecule has 30 heavy (non-hydrogen) atoms. The first-order valence-electron chi connectivity index (χ1n) is 9.53. The number of likely N-dealkylation sites (N-methyl/N-ethyl adjacent to an activating group) is 1. The zero-order chi connectivity index (χ0) is 21.8. The number of rotatable bonds is 6. The maximum atomic E-state index is 13.0. The van der Waals surface area contributed by atoms with E-state index in [0.717, 1.165) is 11.3 Å². The van der Waals surface area contributed by atoms with Crippen LogP contribution in [0.5, 0.6) is 5.75 Å². The molecule has 1 aromatic heterocycles. The number of hydrogen-bond acceptors (Lipinski definition) is 5. The molecule has 0 N–H and O–H groups in total. The largest absolute Gasteiger partial charge is 0.497 e. The number of aryl methyl sites for hydroxylation is 1. The van der Waals surface area contributed by atoms with Crippen LogP contribution in [0.2, 0.25) is 0 Å². The van der Waals surface area contributed by atoms with Crippen molar-refractivity contribution in [3.63, 3.8) is 0 Å². The number of benzene rings is 2. The zero-order valence-electron chi connectivity index (χ0n) is 17.7. The zero-order valence-corrected chi connectivity index (χ0v) is 17.7. The summed E-state index contributed by atoms with van der Waals surface area (Å²) in [7, 11) is 4.81. The van der Waals surface area contributed by atoms with Crippen LogP contribution in [0.15, 0.2) is 54.7 Å². The van der Waals surface area contributed by atoms with E-state index in [1.807, 2.05) is 49.4 Å². The van der Waals surface area contributed by atoms with Gasteiger partial charge in [0.2, 0.25) is 0 Å². The van der Waals surface area contributed by atoms with Crippen LogP contribution in [0.3, 0.4) is 0 Å². The highest BCUT2D eigenvalue weighted by atomic mass is 16.5. The van der Waals surface area contributed by atoms with E-state index in [4.69, 9.17) is 9.47 Å². The van der Waals surface area contributed by atoms with E-state index in [2.05, 4.69) is 5.10 Å². The summed E-state index contributed by atoms with van der Waals surface area (Å²) in [6.07, 6.45) is 0.711. The molecular weight excluding hydrogens is 382 g/mol. The standard InChI is InChI=1S/C23H25N3O4/c1-15-9-11-18(12-10-15)26-14-20(23(28)30-16(2)22(27)25(3)4)21(24-26)17-7-6-8-19(13-17)29-5/h6-14,16H,1-5H3/t16-/m1/s1. The molecule has 7 nitrogen and oxygen atoms in total. The van der Waals surface area contributed by atoms with Gasteiger partial charge in [0.05, 0.1) is 12.8 Å². The van der Waals surface area contributed by atoms with Gasteiger partial charge in [0.15, 0.2) is 6.10 Å². The van der Waals surface area contributed by atoms with Crippen molar-refractivity contribution in [2.45, 2.75) is 20.0 Å². The van der Waals surface area contributed by atoms with E-state index in [1.165, 1.54) is 4.90 Å². The summed E-state index contributed by atoms with van der Waals surface area (Å²) in [5, 5.41) is 4.63. The summed E-state index contributed by atoms with van der Waals surface area (Å²) >= 11 is 0. The molecule has 0 saturated carbocycles. The Morgan fingerprint density at radius 2 is 1.80 bits per heavy atom. The number of ether oxygens (including phenoxy) is 2. The maximum Gasteiger partial charge on any atom is 0.342 e. The minimum Gasteiger partial charge on any atom is -0.497 e. The fraction of sp³-hybridized carbons (Fsp3) is 0.261. The van der Waals surface area contributed by atoms with E-state index in [0.29, 0.717) is 17.0 Å². The number of carbonyl (C=O) groups is 2. The fourth-order valence-electron chi connectivity index (χ4n) is 2.97. The third kappa shape index (κ3) is 4.51. The van der Waals surface area contributed by atoms with E-state index in [9.17, 15) is 9.59 Å². The second-order valence-corrected chi connectivity index (χ2v) is 7.18. The lowest BCUT2D eigenvalue weighted by atomic mass is 10.1. The molecule has 0 bridgehead atoms. The second-order valence-electron chi connectivity index (χ2n) is 7.18. The van der Waals surface area contributed by atoms with Crippen molar-refractivity contribution < 1.29 is 19.1 Å². The van der Waals surface area contributed by atoms with Gasteiger partial charge < -0.3 is 14.4 Å². The van der Waals surface area contributed by atoms with Crippen molar-refractivity contribution in [2.75, 3.05) is 21.2 Å². The first kappa shape index (κ1) is 21.1. The van der Waals surface area contributed by atoms with Crippen molar-refractivity contribution in [3.05, 3.63) is 65.9 Å². The number of nitrogens with zero attached hydrogens (tertiary/aromatic N) is 3. The molecule has 3 rings (SSSR count). The first-order valence-corrected chi connectivity index (χ1v) is 9.53. The van der Waals surface area contributed by atoms with Crippen LogP contribution < -0.4 is 4.74 Å². The molecule has 1 heterocycles. The van der Waals surface area contributed by atoms with Crippen LogP contribution in [0, 0.1) is 6.92 Å². The van der Waals surface area contributed by atoms with Gasteiger partial charge in [0.25, 0.3) is 5.91 Å². The molecule has 0 spiro atoms. The summed E-state index contributed by atoms with van der Waals surface area (Å²) in [5.41, 5.74) is 3.35. The van der Waals surface area contributed by atoms with Crippen LogP contribution in [0.1, 0.15) is 22.8 Å². The van der Waals surface area contributed by atoms with Crippen molar-refractivity contribution in [2.24, 2.45) is 0 Å². The maximum absolute atomic E-state index is 13.0. The molecule has 0 saturated heterocycles. The van der Waals surface area contributed by atoms with Crippen LogP contribution in [0.4, 0.5) is 0 Å². The van der Waals surface area contributed by atoms with Gasteiger partial charge in [-0.3, -0.25) is 4.79 Å². The van der Waals surface area contributed by atoms with Crippen molar-refractivity contribution in [1.82, 2.24) is 14.7 Å². The van der Waals surface area contributed by atoms with Crippen molar-refractivity contribution in [3.8, 4) is 22.7 Å². The highest BCUT2D eigenvalue weighted by molar-refractivity contribution is 5.97. The summed E-state index contributed by atoms with van der Waals surface area (Å²) in [4.78, 5) is 26.5. The predicted octanol–water partition coefficient (Wildman–Crippen LogP) is 3.49. The van der Waals surface area contributed by atoms with Crippen LogP contribution in [-0.4, -0.2) is 53.9 Å². The molecule has 2 aromatic carbocycles. The second kappa shape index (κ2) is 8.82. The molecule has 0 aliphatic rings. The Morgan fingerprint density at radius 3 is 2.43 bits per heavy atom. The van der Waals surface area contributed by atoms with Gasteiger partial charge in [0.1, 0.15) is 17.0 Å². The third-order valence-electron chi connectivity index (χ3n) is 4.65. The average molecular weight is 407 g/mol. The quantitative estimate of drug-likeness (QED) is 0.585. The number of hydrogen-bond donors (Lipinski definition) is 0. The van der Waals surface area contributed by atoms with Gasteiger partial charge in [-0.1, -0.05) is 29.8 Å². The topological polar surface area (TPSA) is 73.7 Å². The lowest BCUT2D eigenvalue weighted by molar-refractivity contribution is -0.137. The molecule has 1 amide bonds. The Labute approximate surface area is 175 Å². The van der Waals surface area contributed by atoms with Gasteiger partial charge in [-0.25, -0.2) is 9.48 Å². The lowest BCUT2D eigenvalue weighted by Crippen LogP contribution is -2.34. The molecule has 0 aliphatic heterocycles. The van der Waals surface area contributed by atoms with Gasteiger partial charge in [-0.15, -0.1) is 0 Å². The summed E-state index contributed by atoms with van der Waals surface area (Å²) < 4.78 is 12.4. The van der Waals surface area contributed by atoms with E-state index in [1.54, 1.807) is 45.1 Å². The highest BCUT2D eigenvalue weighted by Gasteiger charge is 2.25. The fourth-order valence-corrected chi connectivity index (χ4v) is 2.97. The van der Waals surface area contributed by atoms with Gasteiger partial charge in [-0.2, -0.15) is 5.10 Å². The molecule has 0 radical (unpaired) electrons. The SMILES string of the molecule is COc1cccc(-c2nn(-c3ccc(C)cc3)cc2C(=O)O[C@H](C)C(=O)N(C)C)c1. The minimum absolute atomic E-state index is 0.266. The van der Waals surface area contributed by atoms with Crippen LogP contribution in [0.25, 0.3) is 16.9 Å². The van der Waals surface area contributed by atoms with Gasteiger partial charge in [-0.05, 0) is 38.1 Å². The Morgan fingerprint density at radius 1 is 1.10 bits per heavy atom. The van der Waals surface area contributed by atoms with Crippen LogP contribution >= 0.6 is 0 Å². The van der Waals surface area contributed by atoms with Crippen LogP contribution in [-0.2, 0) is 9.53 Å². The Bertz CT molecular complexity index is 1050. The summed E-state index contributed by atoms with van der Waals surface area (Å²) in [5.74, 6) is -0.265. The smallest absolute Gasteiger partial charge is 0.342 e. The predicted molar refractivity (Wildman–Crippen MR) is 114 cm³/mol. The van der Waals surface area contributed by atoms with Gasteiger partial charge >= 0.3 is 5.97 Å². The molecular formula is C23H25N3O4. The van der Waals surface area contributed by atoms with Crippen molar-refractivity contribution in [1.29, 1.82) is 0 Å². The first-order chi connectivity index (χ1) is 14.3. The monoisotopic (exact) mass is 407 g/mol. The Hall–Kier alpha value is -3.61. The van der Waals surface area contributed by atoms with E-state index >= 15 is 0 Å². The Balaban J connectivity index is 2.04. The van der Waals surface area contributed by atoms with Crippen molar-refractivity contribution >= 4 is 11.9 Å². The Kier molecular flexibility index (Phi) is 6.20. The molecule has 0 fully saturated rings. The molecule has 0 aliphatic carbocycles. The van der Waals surface area contributed by atoms with E-state index in [-0.39, 0.29) is 11.5 Å². The minimum atomic E-state index is -0.909. The molecule has 156 valence electrons. The summed E-state index contributed by atoms with van der Waals surface area (Å²) in [6.45, 7) is 3.55.